The summed E-state index contributed by atoms with van der Waals surface area (Å²) in [6, 6.07) is 21.4. The molecule has 0 saturated carbocycles. The molecule has 248 valence electrons. The first-order valence-electron chi connectivity index (χ1n) is 15.1. The fraction of sp³-hybridized carbons (Fsp3) is 0.306. The summed E-state index contributed by atoms with van der Waals surface area (Å²) in [6.07, 6.45) is 6.23. The quantitative estimate of drug-likeness (QED) is 0.136. The number of aldehydes is 1. The van der Waals surface area contributed by atoms with Gasteiger partial charge in [0.05, 0.1) is 12.6 Å². The molecule has 0 bridgehead atoms. The van der Waals surface area contributed by atoms with Crippen LogP contribution in [0.2, 0.25) is 0 Å². The lowest BCUT2D eigenvalue weighted by atomic mass is 10.0. The van der Waals surface area contributed by atoms with Crippen molar-refractivity contribution in [2.45, 2.75) is 46.6 Å². The number of anilines is 3. The van der Waals surface area contributed by atoms with Crippen LogP contribution in [-0.2, 0) is 9.59 Å². The number of ether oxygens (including phenoxy) is 2. The molecule has 10 heteroatoms. The van der Waals surface area contributed by atoms with E-state index in [9.17, 15) is 0 Å². The maximum absolute atomic E-state index is 9.06. The first kappa shape index (κ1) is 39.5. The minimum Gasteiger partial charge on any atom is -0.496 e. The van der Waals surface area contributed by atoms with Crippen LogP contribution in [0.3, 0.4) is 0 Å². The molecule has 4 N–H and O–H groups in total. The van der Waals surface area contributed by atoms with Crippen LogP contribution in [0.25, 0.3) is 10.9 Å². The molecule has 1 aliphatic rings. The minimum absolute atomic E-state index is 0. The Hall–Kier alpha value is -4.54. The molecule has 4 aromatic rings. The van der Waals surface area contributed by atoms with E-state index < -0.39 is 0 Å². The monoisotopic (exact) mass is 647 g/mol. The van der Waals surface area contributed by atoms with Crippen molar-refractivity contribution in [1.82, 2.24) is 10.3 Å². The van der Waals surface area contributed by atoms with Gasteiger partial charge in [0.1, 0.15) is 23.5 Å². The lowest BCUT2D eigenvalue weighted by Crippen LogP contribution is -2.41. The molecule has 0 unspecified atom stereocenters. The number of aryl methyl sites for hydroxylation is 2. The molecule has 0 spiro atoms. The molecule has 5 rings (SSSR count). The number of aromatic nitrogens is 1. The third-order valence-corrected chi connectivity index (χ3v) is 7.15. The van der Waals surface area contributed by atoms with Crippen molar-refractivity contribution < 1.29 is 19.1 Å². The second-order valence-electron chi connectivity index (χ2n) is 9.96. The summed E-state index contributed by atoms with van der Waals surface area (Å²) in [7, 11) is 3.74. The molecule has 1 amide bonds. The molecule has 2 heterocycles. The number of nitrogens with one attached hydrogen (secondary N) is 2. The Morgan fingerprint density at radius 2 is 1.52 bits per heavy atom. The number of pyridine rings is 1. The average molecular weight is 648 g/mol. The van der Waals surface area contributed by atoms with Crippen molar-refractivity contribution >= 4 is 54.2 Å². The van der Waals surface area contributed by atoms with Crippen molar-refractivity contribution in [3.63, 3.8) is 0 Å². The second kappa shape index (κ2) is 21.2. The molecule has 1 aromatic heterocycles. The Morgan fingerprint density at radius 1 is 0.913 bits per heavy atom. The highest BCUT2D eigenvalue weighted by molar-refractivity contribution is 7.59. The number of carbonyl (C=O) groups excluding carboxylic acids is 2. The van der Waals surface area contributed by atoms with Gasteiger partial charge >= 0.3 is 0 Å². The van der Waals surface area contributed by atoms with E-state index >= 15 is 0 Å². The van der Waals surface area contributed by atoms with Crippen molar-refractivity contribution in [3.8, 4) is 17.2 Å². The van der Waals surface area contributed by atoms with Crippen LogP contribution in [0, 0.1) is 13.8 Å². The number of carbonyl (C=O) groups is 2. The fourth-order valence-electron chi connectivity index (χ4n) is 4.82. The maximum Gasteiger partial charge on any atom is 0.204 e. The number of allylic oxidation sites excluding steroid dienone is 1. The molecule has 9 nitrogen and oxygen atoms in total. The van der Waals surface area contributed by atoms with Crippen LogP contribution in [0.5, 0.6) is 17.2 Å². The fourth-order valence-corrected chi connectivity index (χ4v) is 4.82. The zero-order chi connectivity index (χ0) is 33.2. The number of benzene rings is 3. The van der Waals surface area contributed by atoms with E-state index in [0.29, 0.717) is 12.3 Å². The van der Waals surface area contributed by atoms with Gasteiger partial charge in [-0.2, -0.15) is 13.5 Å². The van der Waals surface area contributed by atoms with Gasteiger partial charge in [0.25, 0.3) is 0 Å². The largest absolute Gasteiger partial charge is 0.496 e. The van der Waals surface area contributed by atoms with Gasteiger partial charge in [-0.15, -0.1) is 0 Å². The van der Waals surface area contributed by atoms with Crippen LogP contribution in [0.15, 0.2) is 79.5 Å². The highest BCUT2D eigenvalue weighted by Gasteiger charge is 2.18. The number of hydrogen-bond donors (Lipinski definition) is 3. The third-order valence-electron chi connectivity index (χ3n) is 7.15. The van der Waals surface area contributed by atoms with E-state index in [-0.39, 0.29) is 19.9 Å². The minimum atomic E-state index is 0. The van der Waals surface area contributed by atoms with Gasteiger partial charge in [-0.3, -0.25) is 14.6 Å². The number of nitrogens with two attached hydrogens (primary N) is 1. The first-order chi connectivity index (χ1) is 21.9. The molecule has 0 aliphatic carbocycles. The zero-order valence-corrected chi connectivity index (χ0v) is 28.8. The Kier molecular flexibility index (Phi) is 18.2. The predicted octanol–water partition coefficient (Wildman–Crippen LogP) is 7.20. The van der Waals surface area contributed by atoms with E-state index in [2.05, 4.69) is 83.2 Å². The Morgan fingerprint density at radius 3 is 2.09 bits per heavy atom. The number of nitrogens with zero attached hydrogens (tertiary/aromatic N) is 2. The van der Waals surface area contributed by atoms with Gasteiger partial charge in [-0.25, -0.2) is 0 Å². The van der Waals surface area contributed by atoms with Gasteiger partial charge < -0.3 is 30.7 Å². The van der Waals surface area contributed by atoms with Crippen LogP contribution in [-0.4, -0.2) is 51.0 Å². The van der Waals surface area contributed by atoms with Crippen LogP contribution in [0.4, 0.5) is 17.1 Å². The number of fused-ring (bicyclic) bond motifs is 1. The van der Waals surface area contributed by atoms with Crippen molar-refractivity contribution in [2.75, 3.05) is 37.5 Å². The van der Waals surface area contributed by atoms with Crippen molar-refractivity contribution in [2.24, 2.45) is 5.73 Å². The summed E-state index contributed by atoms with van der Waals surface area (Å²) < 4.78 is 11.9. The molecule has 0 atom stereocenters. The Balaban J connectivity index is 0.000000952. The van der Waals surface area contributed by atoms with E-state index in [0.717, 1.165) is 63.7 Å². The Bertz CT molecular complexity index is 1500. The molecule has 1 saturated heterocycles. The second-order valence-corrected chi connectivity index (χ2v) is 9.96. The van der Waals surface area contributed by atoms with Crippen molar-refractivity contribution in [3.05, 3.63) is 90.6 Å². The smallest absolute Gasteiger partial charge is 0.204 e. The average Bonchev–Trinajstić information content (AvgIpc) is 3.08. The van der Waals surface area contributed by atoms with Crippen LogP contribution >= 0.6 is 13.5 Å². The molecule has 1 aliphatic heterocycles. The van der Waals surface area contributed by atoms with Gasteiger partial charge in [0, 0.05) is 53.8 Å². The number of piperidine rings is 1. The summed E-state index contributed by atoms with van der Waals surface area (Å²) in [5, 5.41) is 7.85. The summed E-state index contributed by atoms with van der Waals surface area (Å²) >= 11 is 0. The van der Waals surface area contributed by atoms with Crippen LogP contribution < -0.4 is 30.7 Å². The molecule has 0 radical (unpaired) electrons. The van der Waals surface area contributed by atoms with E-state index in [1.165, 1.54) is 24.6 Å². The number of rotatable bonds is 8. The summed E-state index contributed by atoms with van der Waals surface area (Å²) in [5.41, 5.74) is 10.5. The normalized spacial score (nSPS) is 11.9. The van der Waals surface area contributed by atoms with E-state index in [1.807, 2.05) is 45.0 Å². The standard InChI is InChI=1S/C30H34N4O2.C3H4O.C2H6.CH3NO.H2S/c1-20-5-6-24(33-23-7-9-25(10-8-23)34-15-12-22(31-3)13-16-34)18-30(20)36-28-11-14-32-27-17-21(2)29(35-4)19-26(27)28;1-2-3-4;1-2;2-1-3;/h5-11,14,17-19,22,31,33H,12-13,15-16H2,1-4H3;2-3H,1H2;1-2H3;1H,(H2,2,3);1H2. The first-order valence-corrected chi connectivity index (χ1v) is 15.1. The van der Waals surface area contributed by atoms with E-state index in [4.69, 9.17) is 19.1 Å². The van der Waals surface area contributed by atoms with Gasteiger partial charge in [0.2, 0.25) is 6.41 Å². The lowest BCUT2D eigenvalue weighted by Gasteiger charge is -2.33. The van der Waals surface area contributed by atoms with Crippen LogP contribution in [0.1, 0.15) is 37.8 Å². The topological polar surface area (TPSA) is 119 Å². The number of methoxy groups -OCH3 is 1. The van der Waals surface area contributed by atoms with E-state index in [1.54, 1.807) is 13.3 Å². The summed E-state index contributed by atoms with van der Waals surface area (Å²) in [4.78, 5) is 24.6. The Labute approximate surface area is 280 Å². The van der Waals surface area contributed by atoms with Crippen molar-refractivity contribution in [1.29, 1.82) is 0 Å². The van der Waals surface area contributed by atoms with Gasteiger partial charge in [-0.05, 0) is 99.5 Å². The molecule has 46 heavy (non-hydrogen) atoms. The highest BCUT2D eigenvalue weighted by atomic mass is 32.1. The SMILES string of the molecule is C=CC=O.CC.CNC1CCN(c2ccc(Nc3ccc(C)c(Oc4ccnc5cc(C)c(OC)cc45)c3)cc2)CC1.NC=O.S. The summed E-state index contributed by atoms with van der Waals surface area (Å²) in [6.45, 7) is 13.4. The number of primary amides is 1. The molecule has 1 fully saturated rings. The molecule has 3 aromatic carbocycles. The number of amides is 1. The predicted molar refractivity (Wildman–Crippen MR) is 197 cm³/mol. The zero-order valence-electron chi connectivity index (χ0n) is 27.8. The molecular weight excluding hydrogens is 598 g/mol. The summed E-state index contributed by atoms with van der Waals surface area (Å²) in [5.74, 6) is 2.38. The third kappa shape index (κ3) is 11.4. The maximum atomic E-state index is 9.06. The highest BCUT2D eigenvalue weighted by Crippen LogP contribution is 2.35. The number of hydrogen-bond acceptors (Lipinski definition) is 8. The van der Waals surface area contributed by atoms with Gasteiger partial charge in [0.15, 0.2) is 0 Å². The lowest BCUT2D eigenvalue weighted by molar-refractivity contribution is -0.107. The van der Waals surface area contributed by atoms with Gasteiger partial charge in [-0.1, -0.05) is 26.5 Å². The molecular formula is C36H49N5O4S.